The van der Waals surface area contributed by atoms with Gasteiger partial charge in [0.2, 0.25) is 0 Å². The van der Waals surface area contributed by atoms with Crippen LogP contribution in [0.2, 0.25) is 0 Å². The lowest BCUT2D eigenvalue weighted by molar-refractivity contribution is 0.100. The summed E-state index contributed by atoms with van der Waals surface area (Å²) < 4.78 is 8.77. The fourth-order valence-corrected chi connectivity index (χ4v) is 4.07. The van der Waals surface area contributed by atoms with E-state index in [2.05, 4.69) is 4.98 Å². The third kappa shape index (κ3) is 10.1. The number of rotatable bonds is 8. The highest BCUT2D eigenvalue weighted by molar-refractivity contribution is 8.01. The molecule has 0 aliphatic heterocycles. The van der Waals surface area contributed by atoms with Gasteiger partial charge in [-0.2, -0.15) is 0 Å². The molecule has 0 aliphatic rings. The number of alkyl halides is 1. The van der Waals surface area contributed by atoms with Crippen LogP contribution in [0.3, 0.4) is 0 Å². The maximum Gasteiger partial charge on any atom is 0.329 e. The average Bonchev–Trinajstić information content (AvgIpc) is 3.00. The van der Waals surface area contributed by atoms with Gasteiger partial charge < -0.3 is 4.74 Å². The fraction of sp³-hybridized carbons (Fsp3) is 0.478. The van der Waals surface area contributed by atoms with Crippen LogP contribution >= 0.6 is 35.0 Å². The molecular weight excluding hydrogens is 453 g/mol. The molecule has 0 spiro atoms. The zero-order valence-electron chi connectivity index (χ0n) is 19.5. The number of pyridine rings is 1. The number of nitrogens with zero attached hydrogens (tertiary/aromatic N) is 3. The largest absolute Gasteiger partial charge is 0.370 e. The Morgan fingerprint density at radius 1 is 1.23 bits per heavy atom. The van der Waals surface area contributed by atoms with E-state index in [1.807, 2.05) is 65.8 Å². The molecule has 2 aromatic rings. The van der Waals surface area contributed by atoms with Gasteiger partial charge in [0, 0.05) is 31.0 Å². The maximum atomic E-state index is 12.6. The summed E-state index contributed by atoms with van der Waals surface area (Å²) in [5.74, 6) is 0. The number of ether oxygens (including phenoxy) is 1. The molecule has 1 atom stereocenters. The first-order valence-electron chi connectivity index (χ1n) is 10.3. The predicted octanol–water partition coefficient (Wildman–Crippen LogP) is 6.90. The lowest BCUT2D eigenvalue weighted by Gasteiger charge is -2.13. The molecule has 5 nitrogen and oxygen atoms in total. The van der Waals surface area contributed by atoms with Crippen molar-refractivity contribution in [2.45, 2.75) is 70.5 Å². The average molecular weight is 489 g/mol. The van der Waals surface area contributed by atoms with Crippen LogP contribution in [0.15, 0.2) is 58.1 Å². The van der Waals surface area contributed by atoms with E-state index >= 15 is 0 Å². The van der Waals surface area contributed by atoms with Crippen molar-refractivity contribution < 1.29 is 4.74 Å². The van der Waals surface area contributed by atoms with Crippen LogP contribution in [0.5, 0.6) is 0 Å². The number of hydrogen-bond donors (Lipinski definition) is 0. The van der Waals surface area contributed by atoms with Crippen molar-refractivity contribution in [1.82, 2.24) is 14.1 Å². The third-order valence-electron chi connectivity index (χ3n) is 3.89. The summed E-state index contributed by atoms with van der Waals surface area (Å²) in [7, 11) is 1.74. The SMILES string of the molecule is C/C=C\C.CC.CC(C)n1c(SC(Cl)/C=C/Cl)c(COCc2cccnc2)n(C)c1=O. The molecule has 8 heteroatoms. The van der Waals surface area contributed by atoms with E-state index in [0.29, 0.717) is 13.2 Å². The van der Waals surface area contributed by atoms with Crippen molar-refractivity contribution in [2.75, 3.05) is 0 Å². The topological polar surface area (TPSA) is 49.0 Å². The fourth-order valence-electron chi connectivity index (χ4n) is 2.34. The van der Waals surface area contributed by atoms with Gasteiger partial charge in [-0.25, -0.2) is 4.79 Å². The zero-order chi connectivity index (χ0) is 23.8. The van der Waals surface area contributed by atoms with Gasteiger partial charge in [-0.3, -0.25) is 14.1 Å². The molecule has 0 bridgehead atoms. The van der Waals surface area contributed by atoms with Crippen LogP contribution in [0, 0.1) is 0 Å². The third-order valence-corrected chi connectivity index (χ3v) is 5.49. The van der Waals surface area contributed by atoms with E-state index in [-0.39, 0.29) is 16.4 Å². The summed E-state index contributed by atoms with van der Waals surface area (Å²) in [5, 5.41) is 0.795. The highest BCUT2D eigenvalue weighted by Gasteiger charge is 2.22. The minimum atomic E-state index is -0.374. The highest BCUT2D eigenvalue weighted by atomic mass is 35.5. The van der Waals surface area contributed by atoms with Crippen molar-refractivity contribution in [3.8, 4) is 0 Å². The number of thioether (sulfide) groups is 1. The Bertz CT molecular complexity index is 842. The molecule has 0 saturated carbocycles. The molecule has 2 rings (SSSR count). The second-order valence-electron chi connectivity index (χ2n) is 6.37. The molecule has 2 heterocycles. The van der Waals surface area contributed by atoms with Crippen LogP contribution < -0.4 is 5.69 Å². The first kappa shape index (κ1) is 29.5. The Kier molecular flexibility index (Phi) is 16.3. The van der Waals surface area contributed by atoms with E-state index in [9.17, 15) is 4.79 Å². The number of allylic oxidation sites excluding steroid dienone is 2. The lowest BCUT2D eigenvalue weighted by atomic mass is 10.3. The van der Waals surface area contributed by atoms with Crippen LogP contribution in [0.1, 0.15) is 58.8 Å². The molecule has 0 aliphatic carbocycles. The van der Waals surface area contributed by atoms with Gasteiger partial charge in [0.15, 0.2) is 0 Å². The molecule has 0 N–H and O–H groups in total. The minimum Gasteiger partial charge on any atom is -0.370 e. The van der Waals surface area contributed by atoms with Gasteiger partial charge in [0.1, 0.15) is 9.74 Å². The Balaban J connectivity index is 0.00000134. The molecule has 0 saturated heterocycles. The summed E-state index contributed by atoms with van der Waals surface area (Å²) >= 11 is 13.3. The molecule has 174 valence electrons. The van der Waals surface area contributed by atoms with E-state index in [1.54, 1.807) is 34.7 Å². The molecular formula is C23H35Cl2N3O2S. The summed E-state index contributed by atoms with van der Waals surface area (Å²) in [4.78, 5) is 16.6. The Morgan fingerprint density at radius 3 is 2.35 bits per heavy atom. The highest BCUT2D eigenvalue weighted by Crippen LogP contribution is 2.31. The van der Waals surface area contributed by atoms with Crippen LogP contribution in [-0.2, 0) is 25.0 Å². The summed E-state index contributed by atoms with van der Waals surface area (Å²) in [6.45, 7) is 12.7. The zero-order valence-corrected chi connectivity index (χ0v) is 21.8. The first-order chi connectivity index (χ1) is 14.9. The van der Waals surface area contributed by atoms with Crippen LogP contribution in [0.25, 0.3) is 0 Å². The standard InChI is InChI=1S/C17H21Cl2N3O2S.C4H8.C2H6/c1-12(2)22-16(25-15(19)6-7-18)14(21(3)17(22)23)11-24-10-13-5-4-8-20-9-13;1-3-4-2;1-2/h4-9,12,15H,10-11H2,1-3H3;3-4H,1-2H3;1-2H3/b7-6+;4-3-;. The smallest absolute Gasteiger partial charge is 0.329 e. The number of halogens is 2. The van der Waals surface area contributed by atoms with Crippen molar-refractivity contribution >= 4 is 35.0 Å². The van der Waals surface area contributed by atoms with E-state index in [1.165, 1.54) is 17.3 Å². The first-order valence-corrected chi connectivity index (χ1v) is 12.0. The van der Waals surface area contributed by atoms with Gasteiger partial charge in [-0.05, 0) is 45.4 Å². The van der Waals surface area contributed by atoms with Crippen LogP contribution in [-0.4, -0.2) is 18.8 Å². The molecule has 0 radical (unpaired) electrons. The Hall–Kier alpha value is -1.47. The molecule has 31 heavy (non-hydrogen) atoms. The van der Waals surface area contributed by atoms with E-state index < -0.39 is 0 Å². The minimum absolute atomic E-state index is 0.0112. The summed E-state index contributed by atoms with van der Waals surface area (Å²) in [6, 6.07) is 3.82. The quantitative estimate of drug-likeness (QED) is 0.230. The maximum absolute atomic E-state index is 12.6. The van der Waals surface area contributed by atoms with Crippen molar-refractivity contribution in [1.29, 1.82) is 0 Å². The van der Waals surface area contributed by atoms with Crippen molar-refractivity contribution in [2.24, 2.45) is 7.05 Å². The molecule has 1 unspecified atom stereocenters. The molecule has 0 fully saturated rings. The molecule has 2 aromatic heterocycles. The summed E-state index contributed by atoms with van der Waals surface area (Å²) in [6.07, 6.45) is 9.14. The van der Waals surface area contributed by atoms with Crippen molar-refractivity contribution in [3.05, 3.63) is 70.0 Å². The number of imidazole rings is 1. The van der Waals surface area contributed by atoms with Crippen molar-refractivity contribution in [3.63, 3.8) is 0 Å². The second-order valence-corrected chi connectivity index (χ2v) is 8.48. The van der Waals surface area contributed by atoms with Gasteiger partial charge >= 0.3 is 5.69 Å². The summed E-state index contributed by atoms with van der Waals surface area (Å²) in [5.41, 5.74) is 3.06. The lowest BCUT2D eigenvalue weighted by Crippen LogP contribution is -2.24. The van der Waals surface area contributed by atoms with Gasteiger partial charge in [0.05, 0.1) is 18.9 Å². The van der Waals surface area contributed by atoms with Crippen LogP contribution in [0.4, 0.5) is 0 Å². The molecule has 0 aromatic carbocycles. The number of aromatic nitrogens is 3. The monoisotopic (exact) mass is 487 g/mol. The van der Waals surface area contributed by atoms with Gasteiger partial charge in [-0.15, -0.1) is 11.6 Å². The van der Waals surface area contributed by atoms with E-state index in [0.717, 1.165) is 16.3 Å². The predicted molar refractivity (Wildman–Crippen MR) is 135 cm³/mol. The number of hydrogen-bond acceptors (Lipinski definition) is 4. The Morgan fingerprint density at radius 2 is 1.87 bits per heavy atom. The van der Waals surface area contributed by atoms with Gasteiger partial charge in [0.25, 0.3) is 0 Å². The van der Waals surface area contributed by atoms with E-state index in [4.69, 9.17) is 27.9 Å². The normalized spacial score (nSPS) is 11.9. The second kappa shape index (κ2) is 17.1. The Labute approximate surface area is 201 Å². The molecule has 0 amide bonds. The van der Waals surface area contributed by atoms with Gasteiger partial charge in [-0.1, -0.05) is 55.4 Å².